The molecule has 0 bridgehead atoms. The van der Waals surface area contributed by atoms with Crippen LogP contribution in [0.5, 0.6) is 23.0 Å². The van der Waals surface area contributed by atoms with Gasteiger partial charge in [0.2, 0.25) is 0 Å². The van der Waals surface area contributed by atoms with Gasteiger partial charge < -0.3 is 29.6 Å². The zero-order valence-corrected chi connectivity index (χ0v) is 20.7. The Kier molecular flexibility index (Phi) is 9.51. The van der Waals surface area contributed by atoms with Crippen molar-refractivity contribution in [3.8, 4) is 29.1 Å². The maximum Gasteiger partial charge on any atom is 0.266 e. The minimum Gasteiger partial charge on any atom is -0.497 e. The van der Waals surface area contributed by atoms with Crippen LogP contribution in [-0.2, 0) is 9.59 Å². The van der Waals surface area contributed by atoms with Crippen molar-refractivity contribution in [2.75, 3.05) is 38.1 Å². The maximum absolute atomic E-state index is 12.6. The molecule has 0 aliphatic heterocycles. The summed E-state index contributed by atoms with van der Waals surface area (Å²) in [6.07, 6.45) is 1.44. The standard InChI is InChI=1S/C28H27N3O6/c1-4-36-24-12-8-22(9-13-24)31-28(33)20(17-29)15-19-5-14-25(26(16-19)35-3)37-18-27(32)30-21-6-10-23(34-2)11-7-21/h5-16H,4,18H2,1-3H3,(H,30,32)(H,31,33)/b20-15+. The van der Waals surface area contributed by atoms with E-state index < -0.39 is 5.91 Å². The van der Waals surface area contributed by atoms with E-state index in [1.807, 2.05) is 13.0 Å². The van der Waals surface area contributed by atoms with E-state index >= 15 is 0 Å². The monoisotopic (exact) mass is 501 g/mol. The van der Waals surface area contributed by atoms with Crippen molar-refractivity contribution in [1.82, 2.24) is 0 Å². The lowest BCUT2D eigenvalue weighted by Crippen LogP contribution is -2.20. The summed E-state index contributed by atoms with van der Waals surface area (Å²) in [5.74, 6) is 1.14. The molecule has 3 aromatic carbocycles. The molecule has 9 nitrogen and oxygen atoms in total. The Bertz CT molecular complexity index is 1290. The van der Waals surface area contributed by atoms with Gasteiger partial charge in [-0.15, -0.1) is 0 Å². The second-order valence-electron chi connectivity index (χ2n) is 7.56. The van der Waals surface area contributed by atoms with Crippen molar-refractivity contribution in [3.05, 3.63) is 77.9 Å². The zero-order chi connectivity index (χ0) is 26.6. The molecule has 0 heterocycles. The number of carbonyl (C=O) groups is 2. The molecule has 2 N–H and O–H groups in total. The summed E-state index contributed by atoms with van der Waals surface area (Å²) >= 11 is 0. The number of nitriles is 1. The van der Waals surface area contributed by atoms with Crippen molar-refractivity contribution < 1.29 is 28.5 Å². The van der Waals surface area contributed by atoms with Crippen LogP contribution in [0.3, 0.4) is 0 Å². The number of carbonyl (C=O) groups excluding carboxylic acids is 2. The Labute approximate surface area is 215 Å². The number of rotatable bonds is 11. The number of hydrogen-bond acceptors (Lipinski definition) is 7. The molecule has 3 aromatic rings. The smallest absolute Gasteiger partial charge is 0.266 e. The van der Waals surface area contributed by atoms with Crippen LogP contribution in [0.2, 0.25) is 0 Å². The van der Waals surface area contributed by atoms with E-state index in [-0.39, 0.29) is 18.1 Å². The molecular formula is C28H27N3O6. The number of amides is 2. The van der Waals surface area contributed by atoms with Crippen molar-refractivity contribution in [2.24, 2.45) is 0 Å². The average Bonchev–Trinajstić information content (AvgIpc) is 2.92. The molecule has 0 radical (unpaired) electrons. The molecule has 0 saturated carbocycles. The number of ether oxygens (including phenoxy) is 4. The molecule has 0 unspecified atom stereocenters. The van der Waals surface area contributed by atoms with Crippen LogP contribution in [0.1, 0.15) is 12.5 Å². The lowest BCUT2D eigenvalue weighted by Gasteiger charge is -2.12. The van der Waals surface area contributed by atoms with Gasteiger partial charge in [-0.3, -0.25) is 9.59 Å². The van der Waals surface area contributed by atoms with Gasteiger partial charge in [-0.25, -0.2) is 0 Å². The molecule has 37 heavy (non-hydrogen) atoms. The molecule has 190 valence electrons. The Balaban J connectivity index is 1.63. The average molecular weight is 502 g/mol. The van der Waals surface area contributed by atoms with E-state index in [2.05, 4.69) is 10.6 Å². The predicted molar refractivity (Wildman–Crippen MR) is 140 cm³/mol. The normalized spacial score (nSPS) is 10.6. The molecule has 0 spiro atoms. The SMILES string of the molecule is CCOc1ccc(NC(=O)/C(C#N)=C/c2ccc(OCC(=O)Nc3ccc(OC)cc3)c(OC)c2)cc1. The van der Waals surface area contributed by atoms with Crippen LogP contribution in [0.4, 0.5) is 11.4 Å². The second kappa shape index (κ2) is 13.2. The third-order valence-electron chi connectivity index (χ3n) is 5.02. The highest BCUT2D eigenvalue weighted by molar-refractivity contribution is 6.09. The molecule has 9 heteroatoms. The van der Waals surface area contributed by atoms with Crippen molar-refractivity contribution in [2.45, 2.75) is 6.92 Å². The number of nitrogens with one attached hydrogen (secondary N) is 2. The predicted octanol–water partition coefficient (Wildman–Crippen LogP) is 4.67. The first-order valence-electron chi connectivity index (χ1n) is 11.4. The maximum atomic E-state index is 12.6. The lowest BCUT2D eigenvalue weighted by molar-refractivity contribution is -0.118. The van der Waals surface area contributed by atoms with Gasteiger partial charge in [-0.05, 0) is 79.2 Å². The molecule has 0 fully saturated rings. The van der Waals surface area contributed by atoms with Crippen LogP contribution in [0, 0.1) is 11.3 Å². The molecule has 0 aromatic heterocycles. The highest BCUT2D eigenvalue weighted by Crippen LogP contribution is 2.29. The Morgan fingerprint density at radius 1 is 0.838 bits per heavy atom. The topological polar surface area (TPSA) is 119 Å². The first kappa shape index (κ1) is 26.6. The number of nitrogens with zero attached hydrogens (tertiary/aromatic N) is 1. The van der Waals surface area contributed by atoms with Crippen molar-refractivity contribution in [1.29, 1.82) is 5.26 Å². The van der Waals surface area contributed by atoms with Gasteiger partial charge >= 0.3 is 0 Å². The van der Waals surface area contributed by atoms with Gasteiger partial charge in [-0.2, -0.15) is 5.26 Å². The third kappa shape index (κ3) is 7.77. The largest absolute Gasteiger partial charge is 0.497 e. The molecule has 0 aliphatic carbocycles. The first-order chi connectivity index (χ1) is 17.9. The van der Waals surface area contributed by atoms with Gasteiger partial charge in [0, 0.05) is 11.4 Å². The highest BCUT2D eigenvalue weighted by Gasteiger charge is 2.12. The zero-order valence-electron chi connectivity index (χ0n) is 20.7. The third-order valence-corrected chi connectivity index (χ3v) is 5.02. The van der Waals surface area contributed by atoms with Gasteiger partial charge in [0.15, 0.2) is 18.1 Å². The fourth-order valence-corrected chi connectivity index (χ4v) is 3.22. The molecule has 3 rings (SSSR count). The van der Waals surface area contributed by atoms with E-state index in [1.165, 1.54) is 13.2 Å². The van der Waals surface area contributed by atoms with Crippen molar-refractivity contribution >= 4 is 29.3 Å². The minimum atomic E-state index is -0.554. The van der Waals surface area contributed by atoms with Gasteiger partial charge in [-0.1, -0.05) is 6.07 Å². The van der Waals surface area contributed by atoms with Gasteiger partial charge in [0.25, 0.3) is 11.8 Å². The number of methoxy groups -OCH3 is 2. The molecule has 2 amide bonds. The van der Waals surface area contributed by atoms with Crippen LogP contribution >= 0.6 is 0 Å². The van der Waals surface area contributed by atoms with E-state index in [4.69, 9.17) is 18.9 Å². The van der Waals surface area contributed by atoms with E-state index in [0.29, 0.717) is 46.5 Å². The van der Waals surface area contributed by atoms with Crippen LogP contribution in [-0.4, -0.2) is 39.2 Å². The lowest BCUT2D eigenvalue weighted by atomic mass is 10.1. The molecule has 0 aliphatic rings. The van der Waals surface area contributed by atoms with E-state index in [0.717, 1.165) is 0 Å². The number of anilines is 2. The molecular weight excluding hydrogens is 474 g/mol. The summed E-state index contributed by atoms with van der Waals surface area (Å²) in [6.45, 7) is 2.18. The summed E-state index contributed by atoms with van der Waals surface area (Å²) in [5.41, 5.74) is 1.59. The van der Waals surface area contributed by atoms with E-state index in [9.17, 15) is 14.9 Å². The second-order valence-corrected chi connectivity index (χ2v) is 7.56. The summed E-state index contributed by atoms with van der Waals surface area (Å²) in [6, 6.07) is 20.5. The first-order valence-corrected chi connectivity index (χ1v) is 11.4. The molecule has 0 atom stereocenters. The fourth-order valence-electron chi connectivity index (χ4n) is 3.22. The van der Waals surface area contributed by atoms with E-state index in [1.54, 1.807) is 73.8 Å². The Morgan fingerprint density at radius 3 is 2.08 bits per heavy atom. The molecule has 0 saturated heterocycles. The van der Waals surface area contributed by atoms with Gasteiger partial charge in [0.05, 0.1) is 20.8 Å². The summed E-state index contributed by atoms with van der Waals surface area (Å²) in [7, 11) is 3.02. The quantitative estimate of drug-likeness (QED) is 0.290. The number of benzene rings is 3. The minimum absolute atomic E-state index is 0.0940. The summed E-state index contributed by atoms with van der Waals surface area (Å²) < 4.78 is 21.5. The van der Waals surface area contributed by atoms with Crippen LogP contribution in [0.15, 0.2) is 72.3 Å². The summed E-state index contributed by atoms with van der Waals surface area (Å²) in [4.78, 5) is 24.9. The van der Waals surface area contributed by atoms with Crippen LogP contribution in [0.25, 0.3) is 6.08 Å². The highest BCUT2D eigenvalue weighted by atomic mass is 16.5. The van der Waals surface area contributed by atoms with Crippen LogP contribution < -0.4 is 29.6 Å². The van der Waals surface area contributed by atoms with Gasteiger partial charge in [0.1, 0.15) is 23.1 Å². The number of hydrogen-bond donors (Lipinski definition) is 2. The summed E-state index contributed by atoms with van der Waals surface area (Å²) in [5, 5.41) is 14.9. The Morgan fingerprint density at radius 2 is 1.49 bits per heavy atom. The fraction of sp³-hybridized carbons (Fsp3) is 0.179. The Hall–Kier alpha value is -4.97. The van der Waals surface area contributed by atoms with Crippen molar-refractivity contribution in [3.63, 3.8) is 0 Å².